The Hall–Kier alpha value is -2.63. The number of hydrogen-bond acceptors (Lipinski definition) is 4. The minimum Gasteiger partial charge on any atom is -0.394 e. The smallest absolute Gasteiger partial charge is 0.258 e. The number of carbonyl (C=O) groups is 1. The van der Waals surface area contributed by atoms with Crippen LogP contribution in [0.5, 0.6) is 0 Å². The van der Waals surface area contributed by atoms with Crippen molar-refractivity contribution in [1.29, 1.82) is 0 Å². The summed E-state index contributed by atoms with van der Waals surface area (Å²) in [7, 11) is 1.52. The molecule has 1 atom stereocenters. The van der Waals surface area contributed by atoms with Gasteiger partial charge < -0.3 is 10.0 Å². The molecule has 1 amide bonds. The predicted molar refractivity (Wildman–Crippen MR) is 91.8 cm³/mol. The lowest BCUT2D eigenvalue weighted by atomic mass is 10.0. The second-order valence-corrected chi connectivity index (χ2v) is 5.66. The Bertz CT molecular complexity index is 726. The van der Waals surface area contributed by atoms with Crippen LogP contribution in [0.1, 0.15) is 16.8 Å². The molecule has 0 fully saturated rings. The van der Waals surface area contributed by atoms with E-state index in [2.05, 4.69) is 5.48 Å². The van der Waals surface area contributed by atoms with Crippen LogP contribution < -0.4 is 5.48 Å². The van der Waals surface area contributed by atoms with Crippen LogP contribution in [0.3, 0.4) is 0 Å². The van der Waals surface area contributed by atoms with Crippen LogP contribution in [0.4, 0.5) is 0 Å². The second kappa shape index (κ2) is 7.29. The molecule has 0 aromatic heterocycles. The molecular formula is C19H20N2O3. The first-order valence-corrected chi connectivity index (χ1v) is 7.81. The van der Waals surface area contributed by atoms with Crippen LogP contribution in [0.25, 0.3) is 11.1 Å². The van der Waals surface area contributed by atoms with Crippen LogP contribution in [-0.2, 0) is 4.84 Å². The zero-order valence-corrected chi connectivity index (χ0v) is 13.5. The molecule has 0 bridgehead atoms. The third-order valence-corrected chi connectivity index (χ3v) is 4.06. The van der Waals surface area contributed by atoms with E-state index in [0.29, 0.717) is 12.0 Å². The van der Waals surface area contributed by atoms with E-state index < -0.39 is 0 Å². The number of carbonyl (C=O) groups excluding carboxylic acids is 1. The van der Waals surface area contributed by atoms with Gasteiger partial charge in [-0.25, -0.2) is 0 Å². The average Bonchev–Trinajstić information content (AvgIpc) is 3.05. The zero-order chi connectivity index (χ0) is 16.9. The minimum absolute atomic E-state index is 0.0980. The molecule has 0 radical (unpaired) electrons. The maximum atomic E-state index is 12.7. The van der Waals surface area contributed by atoms with Crippen molar-refractivity contribution in [3.8, 4) is 11.1 Å². The number of hydroxylamine groups is 1. The van der Waals surface area contributed by atoms with Crippen molar-refractivity contribution in [2.75, 3.05) is 13.7 Å². The average molecular weight is 324 g/mol. The van der Waals surface area contributed by atoms with Crippen LogP contribution in [0.15, 0.2) is 66.5 Å². The Morgan fingerprint density at radius 2 is 1.83 bits per heavy atom. The first-order chi connectivity index (χ1) is 11.7. The molecule has 0 spiro atoms. The quantitative estimate of drug-likeness (QED) is 0.830. The fraction of sp³-hybridized carbons (Fsp3) is 0.211. The first kappa shape index (κ1) is 16.2. The Morgan fingerprint density at radius 1 is 1.17 bits per heavy atom. The van der Waals surface area contributed by atoms with E-state index in [0.717, 1.165) is 16.8 Å². The molecule has 0 saturated heterocycles. The lowest BCUT2D eigenvalue weighted by Gasteiger charge is -2.21. The largest absolute Gasteiger partial charge is 0.394 e. The van der Waals surface area contributed by atoms with Crippen molar-refractivity contribution >= 4 is 5.91 Å². The summed E-state index contributed by atoms with van der Waals surface area (Å²) in [5, 5.41) is 9.52. The molecule has 0 saturated carbocycles. The Kier molecular flexibility index (Phi) is 4.93. The normalized spacial score (nSPS) is 16.8. The summed E-state index contributed by atoms with van der Waals surface area (Å²) in [4.78, 5) is 19.1. The Morgan fingerprint density at radius 3 is 2.46 bits per heavy atom. The summed E-state index contributed by atoms with van der Waals surface area (Å²) in [6.07, 6.45) is 2.23. The van der Waals surface area contributed by atoms with E-state index in [-0.39, 0.29) is 18.6 Å². The predicted octanol–water partition coefficient (Wildman–Crippen LogP) is 2.55. The van der Waals surface area contributed by atoms with Gasteiger partial charge in [0.05, 0.1) is 25.5 Å². The van der Waals surface area contributed by atoms with Crippen molar-refractivity contribution in [2.45, 2.75) is 12.5 Å². The molecule has 2 aromatic rings. The van der Waals surface area contributed by atoms with Gasteiger partial charge in [-0.15, -0.1) is 0 Å². The molecule has 124 valence electrons. The van der Waals surface area contributed by atoms with Gasteiger partial charge in [-0.2, -0.15) is 0 Å². The highest BCUT2D eigenvalue weighted by molar-refractivity contribution is 5.96. The van der Waals surface area contributed by atoms with Gasteiger partial charge in [0.2, 0.25) is 0 Å². The van der Waals surface area contributed by atoms with Crippen molar-refractivity contribution in [3.05, 3.63) is 72.1 Å². The molecule has 2 aromatic carbocycles. The fourth-order valence-corrected chi connectivity index (χ4v) is 2.84. The van der Waals surface area contributed by atoms with Gasteiger partial charge in [0.15, 0.2) is 0 Å². The third-order valence-electron chi connectivity index (χ3n) is 4.06. The Balaban J connectivity index is 1.80. The lowest BCUT2D eigenvalue weighted by Crippen LogP contribution is -2.35. The van der Waals surface area contributed by atoms with Gasteiger partial charge in [0.1, 0.15) is 0 Å². The molecule has 5 nitrogen and oxygen atoms in total. The maximum Gasteiger partial charge on any atom is 0.258 e. The van der Waals surface area contributed by atoms with Gasteiger partial charge in [-0.1, -0.05) is 42.5 Å². The van der Waals surface area contributed by atoms with Gasteiger partial charge >= 0.3 is 0 Å². The van der Waals surface area contributed by atoms with Gasteiger partial charge in [0, 0.05) is 18.2 Å². The topological polar surface area (TPSA) is 61.8 Å². The highest BCUT2D eigenvalue weighted by Gasteiger charge is 2.29. The molecule has 1 aliphatic heterocycles. The highest BCUT2D eigenvalue weighted by atomic mass is 16.6. The molecule has 3 rings (SSSR count). The van der Waals surface area contributed by atoms with Crippen molar-refractivity contribution in [3.63, 3.8) is 0 Å². The van der Waals surface area contributed by atoms with Gasteiger partial charge in [-0.05, 0) is 23.3 Å². The summed E-state index contributed by atoms with van der Waals surface area (Å²) in [6.45, 7) is -0.0980. The van der Waals surface area contributed by atoms with Crippen LogP contribution in [-0.4, -0.2) is 35.7 Å². The van der Waals surface area contributed by atoms with E-state index in [1.54, 1.807) is 11.1 Å². The van der Waals surface area contributed by atoms with E-state index in [4.69, 9.17) is 4.84 Å². The zero-order valence-electron chi connectivity index (χ0n) is 13.5. The fourth-order valence-electron chi connectivity index (χ4n) is 2.84. The number of aliphatic hydroxyl groups excluding tert-OH is 1. The van der Waals surface area contributed by atoms with Gasteiger partial charge in [0.25, 0.3) is 5.91 Å². The number of nitrogens with one attached hydrogen (secondary N) is 1. The number of hydrogen-bond donors (Lipinski definition) is 2. The van der Waals surface area contributed by atoms with Crippen LogP contribution in [0.2, 0.25) is 0 Å². The first-order valence-electron chi connectivity index (χ1n) is 7.81. The summed E-state index contributed by atoms with van der Waals surface area (Å²) >= 11 is 0. The van der Waals surface area contributed by atoms with Crippen molar-refractivity contribution in [1.82, 2.24) is 10.4 Å². The van der Waals surface area contributed by atoms with Crippen LogP contribution >= 0.6 is 0 Å². The highest BCUT2D eigenvalue weighted by Crippen LogP contribution is 2.24. The molecule has 24 heavy (non-hydrogen) atoms. The molecule has 1 unspecified atom stereocenters. The van der Waals surface area contributed by atoms with Crippen LogP contribution in [0, 0.1) is 0 Å². The summed E-state index contributed by atoms with van der Waals surface area (Å²) in [6, 6.07) is 17.2. The molecule has 1 aliphatic rings. The number of benzene rings is 2. The van der Waals surface area contributed by atoms with E-state index >= 15 is 0 Å². The molecule has 1 heterocycles. The van der Waals surface area contributed by atoms with E-state index in [9.17, 15) is 9.90 Å². The molecule has 0 aliphatic carbocycles. The molecule has 5 heteroatoms. The minimum atomic E-state index is -0.274. The number of amides is 1. The maximum absolute atomic E-state index is 12.7. The monoisotopic (exact) mass is 324 g/mol. The van der Waals surface area contributed by atoms with Crippen molar-refractivity contribution in [2.24, 2.45) is 0 Å². The summed E-state index contributed by atoms with van der Waals surface area (Å²) in [5.74, 6) is -0.137. The van der Waals surface area contributed by atoms with Gasteiger partial charge in [-0.3, -0.25) is 15.1 Å². The number of nitrogens with zero attached hydrogens (tertiary/aromatic N) is 1. The van der Waals surface area contributed by atoms with Crippen molar-refractivity contribution < 1.29 is 14.7 Å². The Labute approximate surface area is 141 Å². The SMILES string of the molecule is CONC1=CN(C(=O)c2ccc(-c3ccccc3)cc2)C(CO)C1. The summed E-state index contributed by atoms with van der Waals surface area (Å²) < 4.78 is 0. The van der Waals surface area contributed by atoms with E-state index in [1.165, 1.54) is 7.11 Å². The van der Waals surface area contributed by atoms with E-state index in [1.807, 2.05) is 54.6 Å². The third kappa shape index (κ3) is 3.32. The molecular weight excluding hydrogens is 304 g/mol. The molecule has 2 N–H and O–H groups in total. The lowest BCUT2D eigenvalue weighted by molar-refractivity contribution is 0.0730. The second-order valence-electron chi connectivity index (χ2n) is 5.66. The standard InChI is InChI=1S/C19H20N2O3/c1-24-20-17-11-18(13-22)21(12-17)19(23)16-9-7-15(8-10-16)14-5-3-2-4-6-14/h2-10,12,18,20,22H,11,13H2,1H3. The summed E-state index contributed by atoms with van der Waals surface area (Å²) in [5.41, 5.74) is 6.26. The number of aliphatic hydroxyl groups is 1. The number of rotatable bonds is 5.